The summed E-state index contributed by atoms with van der Waals surface area (Å²) in [6.07, 6.45) is -5.08. The van der Waals surface area contributed by atoms with Crippen LogP contribution in [0.1, 0.15) is 24.5 Å². The molecule has 1 aliphatic heterocycles. The summed E-state index contributed by atoms with van der Waals surface area (Å²) in [5.41, 5.74) is 1.74. The van der Waals surface area contributed by atoms with E-state index in [1.54, 1.807) is 24.3 Å². The lowest BCUT2D eigenvalue weighted by Gasteiger charge is -2.37. The maximum atomic E-state index is 12.7. The predicted molar refractivity (Wildman–Crippen MR) is 108 cm³/mol. The molecule has 0 amide bonds. The zero-order chi connectivity index (χ0) is 22.1. The fourth-order valence-corrected chi connectivity index (χ4v) is 5.33. The van der Waals surface area contributed by atoms with Crippen LogP contribution in [0.5, 0.6) is 0 Å². The van der Waals surface area contributed by atoms with Gasteiger partial charge in [-0.3, -0.25) is 8.37 Å². The van der Waals surface area contributed by atoms with E-state index in [4.69, 9.17) is 13.1 Å². The highest BCUT2D eigenvalue weighted by molar-refractivity contribution is 7.87. The van der Waals surface area contributed by atoms with E-state index in [0.717, 1.165) is 11.1 Å². The van der Waals surface area contributed by atoms with E-state index < -0.39 is 44.8 Å². The molecule has 0 aromatic heterocycles. The van der Waals surface area contributed by atoms with Gasteiger partial charge in [0.1, 0.15) is 12.2 Å². The Kier molecular flexibility index (Phi) is 6.66. The first-order valence-electron chi connectivity index (χ1n) is 9.31. The van der Waals surface area contributed by atoms with E-state index in [1.165, 1.54) is 31.2 Å². The van der Waals surface area contributed by atoms with Crippen LogP contribution in [0, 0.1) is 13.8 Å². The lowest BCUT2D eigenvalue weighted by molar-refractivity contribution is -0.214. The number of aliphatic hydroxyl groups is 1. The topological polar surface area (TPSA) is 116 Å². The normalized spacial score (nSPS) is 25.2. The summed E-state index contributed by atoms with van der Waals surface area (Å²) in [7, 11) is -8.45. The van der Waals surface area contributed by atoms with Crippen LogP contribution < -0.4 is 0 Å². The molecule has 1 fully saturated rings. The molecule has 1 N–H and O–H groups in total. The quantitative estimate of drug-likeness (QED) is 0.658. The molecule has 0 aliphatic carbocycles. The maximum Gasteiger partial charge on any atom is 0.297 e. The lowest BCUT2D eigenvalue weighted by atomic mass is 10.0. The molecule has 1 saturated heterocycles. The van der Waals surface area contributed by atoms with Gasteiger partial charge in [0.2, 0.25) is 0 Å². The molecule has 164 valence electrons. The molecule has 0 radical (unpaired) electrons. The third-order valence-electron chi connectivity index (χ3n) is 4.74. The fraction of sp³-hybridized carbons (Fsp3) is 0.400. The second-order valence-corrected chi connectivity index (χ2v) is 10.4. The van der Waals surface area contributed by atoms with E-state index in [2.05, 4.69) is 0 Å². The first-order chi connectivity index (χ1) is 14.0. The predicted octanol–water partition coefficient (Wildman–Crippen LogP) is 2.28. The molecular weight excluding hydrogens is 432 g/mol. The maximum absolute atomic E-state index is 12.7. The van der Waals surface area contributed by atoms with Crippen LogP contribution in [0.3, 0.4) is 0 Å². The summed E-state index contributed by atoms with van der Waals surface area (Å²) < 4.78 is 66.7. The Morgan fingerprint density at radius 3 is 1.73 bits per heavy atom. The van der Waals surface area contributed by atoms with Gasteiger partial charge in [0, 0.05) is 6.42 Å². The number of benzene rings is 2. The minimum Gasteiger partial charge on any atom is -0.368 e. The van der Waals surface area contributed by atoms with Gasteiger partial charge in [0.15, 0.2) is 6.29 Å². The van der Waals surface area contributed by atoms with Gasteiger partial charge in [-0.2, -0.15) is 16.8 Å². The smallest absolute Gasteiger partial charge is 0.297 e. The van der Waals surface area contributed by atoms with Gasteiger partial charge in [-0.15, -0.1) is 0 Å². The first kappa shape index (κ1) is 22.9. The third-order valence-corrected chi connectivity index (χ3v) is 7.42. The number of ether oxygens (including phenoxy) is 1. The summed E-state index contributed by atoms with van der Waals surface area (Å²) in [4.78, 5) is -0.159. The van der Waals surface area contributed by atoms with Crippen LogP contribution in [0.25, 0.3) is 0 Å². The third kappa shape index (κ3) is 5.26. The highest BCUT2D eigenvalue weighted by Gasteiger charge is 2.43. The molecule has 8 nitrogen and oxygen atoms in total. The van der Waals surface area contributed by atoms with Crippen molar-refractivity contribution in [3.05, 3.63) is 59.7 Å². The first-order valence-corrected chi connectivity index (χ1v) is 12.1. The summed E-state index contributed by atoms with van der Waals surface area (Å²) in [6.45, 7) is 5.11. The fourth-order valence-electron chi connectivity index (χ4n) is 3.08. The van der Waals surface area contributed by atoms with Crippen molar-refractivity contribution in [3.63, 3.8) is 0 Å². The van der Waals surface area contributed by atoms with Crippen molar-refractivity contribution in [1.29, 1.82) is 0 Å². The summed E-state index contributed by atoms with van der Waals surface area (Å²) in [5.74, 6) is 0. The number of aliphatic hydroxyl groups excluding tert-OH is 1. The highest BCUT2D eigenvalue weighted by Crippen LogP contribution is 2.30. The molecule has 4 atom stereocenters. The Labute approximate surface area is 176 Å². The molecule has 0 unspecified atom stereocenters. The Morgan fingerprint density at radius 1 is 0.833 bits per heavy atom. The molecule has 0 saturated carbocycles. The monoisotopic (exact) mass is 456 g/mol. The van der Waals surface area contributed by atoms with Gasteiger partial charge in [-0.25, -0.2) is 0 Å². The SMILES string of the molecule is Cc1ccc(S(=O)(=O)O[C@@H]2[C@@H](C)O[C@H](O)C[C@H]2OS(=O)(=O)c2ccc(C)cc2)cc1. The van der Waals surface area contributed by atoms with Gasteiger partial charge >= 0.3 is 0 Å². The van der Waals surface area contributed by atoms with Crippen molar-refractivity contribution in [2.75, 3.05) is 0 Å². The van der Waals surface area contributed by atoms with E-state index in [-0.39, 0.29) is 16.2 Å². The van der Waals surface area contributed by atoms with E-state index in [1.807, 2.05) is 13.8 Å². The molecule has 10 heteroatoms. The minimum absolute atomic E-state index is 0.0773. The summed E-state index contributed by atoms with van der Waals surface area (Å²) in [6, 6.07) is 12.1. The summed E-state index contributed by atoms with van der Waals surface area (Å²) in [5, 5.41) is 9.92. The average molecular weight is 457 g/mol. The zero-order valence-electron chi connectivity index (χ0n) is 16.8. The molecule has 2 aromatic rings. The minimum atomic E-state index is -4.22. The van der Waals surface area contributed by atoms with Crippen LogP contribution in [-0.4, -0.2) is 46.5 Å². The number of hydrogen-bond acceptors (Lipinski definition) is 8. The van der Waals surface area contributed by atoms with Crippen LogP contribution in [0.4, 0.5) is 0 Å². The largest absolute Gasteiger partial charge is 0.368 e. The van der Waals surface area contributed by atoms with E-state index >= 15 is 0 Å². The van der Waals surface area contributed by atoms with Crippen molar-refractivity contribution < 1.29 is 35.0 Å². The lowest BCUT2D eigenvalue weighted by Crippen LogP contribution is -2.50. The molecule has 30 heavy (non-hydrogen) atoms. The second kappa shape index (κ2) is 8.74. The van der Waals surface area contributed by atoms with Gasteiger partial charge in [0.05, 0.1) is 15.9 Å². The molecule has 0 spiro atoms. The molecule has 0 bridgehead atoms. The van der Waals surface area contributed by atoms with Crippen molar-refractivity contribution in [2.45, 2.75) is 61.6 Å². The highest BCUT2D eigenvalue weighted by atomic mass is 32.2. The van der Waals surface area contributed by atoms with E-state index in [9.17, 15) is 21.9 Å². The number of rotatable bonds is 6. The molecule has 2 aromatic carbocycles. The number of hydrogen-bond donors (Lipinski definition) is 1. The molecule has 1 heterocycles. The Balaban J connectivity index is 1.87. The van der Waals surface area contributed by atoms with Crippen LogP contribution in [0.2, 0.25) is 0 Å². The van der Waals surface area contributed by atoms with Crippen molar-refractivity contribution in [3.8, 4) is 0 Å². The Morgan fingerprint density at radius 2 is 1.27 bits per heavy atom. The van der Waals surface area contributed by atoms with Gasteiger partial charge in [0.25, 0.3) is 20.2 Å². The van der Waals surface area contributed by atoms with Crippen LogP contribution in [0.15, 0.2) is 58.3 Å². The van der Waals surface area contributed by atoms with Gasteiger partial charge < -0.3 is 9.84 Å². The average Bonchev–Trinajstić information content (AvgIpc) is 2.65. The summed E-state index contributed by atoms with van der Waals surface area (Å²) >= 11 is 0. The Bertz CT molecular complexity index is 1080. The Hall–Kier alpha value is -1.82. The van der Waals surface area contributed by atoms with Crippen molar-refractivity contribution >= 4 is 20.2 Å². The van der Waals surface area contributed by atoms with E-state index in [0.29, 0.717) is 0 Å². The van der Waals surface area contributed by atoms with Crippen molar-refractivity contribution in [2.24, 2.45) is 0 Å². The van der Waals surface area contributed by atoms with Gasteiger partial charge in [-0.05, 0) is 45.0 Å². The molecule has 3 rings (SSSR count). The van der Waals surface area contributed by atoms with Crippen LogP contribution >= 0.6 is 0 Å². The molecular formula is C20H24O8S2. The van der Waals surface area contributed by atoms with Gasteiger partial charge in [-0.1, -0.05) is 35.4 Å². The van der Waals surface area contributed by atoms with Crippen LogP contribution in [-0.2, 0) is 33.3 Å². The number of aryl methyl sites for hydroxylation is 2. The standard InChI is InChI=1S/C20H24O8S2/c1-13-4-8-16(9-5-13)29(22,23)27-18-12-19(21)26-15(3)20(18)28-30(24,25)17-10-6-14(2)7-11-17/h4-11,15,18-21H,12H2,1-3H3/t15-,18-,19+,20-/m1/s1. The second-order valence-electron chi connectivity index (χ2n) is 7.26. The molecule has 1 aliphatic rings. The zero-order valence-corrected chi connectivity index (χ0v) is 18.4. The van der Waals surface area contributed by atoms with Crippen molar-refractivity contribution in [1.82, 2.24) is 0 Å².